The van der Waals surface area contributed by atoms with E-state index in [1.165, 1.54) is 37.7 Å². The number of rotatable bonds is 10. The maximum atomic E-state index is 12.8. The predicted octanol–water partition coefficient (Wildman–Crippen LogP) is 4.33. The Hall–Kier alpha value is -2.30. The van der Waals surface area contributed by atoms with Crippen LogP contribution in [0.3, 0.4) is 0 Å². The topological polar surface area (TPSA) is 219 Å². The number of carbonyl (C=O) groups is 2. The number of unbranched alkanes of at least 4 members (excludes halogenated alkanes) is 5. The molecule has 0 atom stereocenters. The van der Waals surface area contributed by atoms with Crippen molar-refractivity contribution in [1.29, 1.82) is 0 Å². The van der Waals surface area contributed by atoms with Crippen LogP contribution >= 0.6 is 0 Å². The number of amides is 1. The van der Waals surface area contributed by atoms with Gasteiger partial charge in [0.2, 0.25) is 5.91 Å². The van der Waals surface area contributed by atoms with Gasteiger partial charge in [-0.3, -0.25) is 27.8 Å². The van der Waals surface area contributed by atoms with Gasteiger partial charge in [-0.05, 0) is 48.9 Å². The summed E-state index contributed by atoms with van der Waals surface area (Å²) in [5.41, 5.74) is 5.42. The lowest BCUT2D eigenvalue weighted by atomic mass is 9.90. The van der Waals surface area contributed by atoms with E-state index >= 15 is 0 Å². The number of benzene rings is 1. The number of anilines is 2. The van der Waals surface area contributed by atoms with E-state index in [0.717, 1.165) is 54.0 Å². The van der Waals surface area contributed by atoms with E-state index in [-0.39, 0.29) is 12.3 Å². The Morgan fingerprint density at radius 3 is 1.80 bits per heavy atom. The summed E-state index contributed by atoms with van der Waals surface area (Å²) in [6.45, 7) is 13.8. The fourth-order valence-corrected chi connectivity index (χ4v) is 4.31. The molecule has 1 heterocycles. The number of nitrogens with zero attached hydrogens (tertiary/aromatic N) is 1. The van der Waals surface area contributed by atoms with Crippen molar-refractivity contribution in [2.24, 2.45) is 5.41 Å². The number of aliphatic carboxylic acids is 1. The maximum absolute atomic E-state index is 12.8. The Morgan fingerprint density at radius 1 is 0.875 bits per heavy atom. The molecule has 0 aliphatic carbocycles. The average Bonchev–Trinajstić information content (AvgIpc) is 3.17. The number of fused-ring (bicyclic) bond motifs is 1. The normalized spacial score (nSPS) is 13.0. The molecule has 6 N–H and O–H groups in total. The number of carboxylic acids is 1. The van der Waals surface area contributed by atoms with Crippen LogP contribution in [0.1, 0.15) is 88.5 Å². The lowest BCUT2D eigenvalue weighted by Gasteiger charge is -2.28. The van der Waals surface area contributed by atoms with Crippen molar-refractivity contribution in [3.05, 3.63) is 22.3 Å². The summed E-state index contributed by atoms with van der Waals surface area (Å²) in [5.74, 6) is -0.875. The third kappa shape index (κ3) is 15.5. The van der Waals surface area contributed by atoms with Crippen LogP contribution in [0.15, 0.2) is 0 Å². The first kappa shape index (κ1) is 37.7. The molecule has 0 bridgehead atoms. The van der Waals surface area contributed by atoms with Crippen molar-refractivity contribution >= 4 is 44.0 Å². The first-order valence-corrected chi connectivity index (χ1v) is 15.7. The highest BCUT2D eigenvalue weighted by atomic mass is 32.3. The monoisotopic (exact) mass is 612 g/mol. The number of nitrogens with one attached hydrogen (secondary N) is 1. The molecule has 0 aromatic heterocycles. The summed E-state index contributed by atoms with van der Waals surface area (Å²) in [6.07, 6.45) is 8.40. The second kappa shape index (κ2) is 16.2. The Balaban J connectivity index is 0.00000130. The lowest BCUT2D eigenvalue weighted by molar-refractivity contribution is -0.136. The molecule has 1 aromatic carbocycles. The van der Waals surface area contributed by atoms with Crippen molar-refractivity contribution in [3.63, 3.8) is 0 Å². The standard InChI is InChI=1S/C25H40N2O3.2H2O4S/c1-7-8-9-10-11-12-14-27-15-13-19-17(2)20(16-21(28)29)18(3)22(23(19)27)26-24(30)25(4,5)6;2*1-5(2,3)4/h7-16H2,1-6H3,(H,26,30)(H,28,29);2*(H2,1,2,3,4). The Bertz CT molecular complexity index is 1180. The van der Waals surface area contributed by atoms with Crippen molar-refractivity contribution in [2.75, 3.05) is 23.3 Å². The van der Waals surface area contributed by atoms with E-state index in [9.17, 15) is 14.7 Å². The average molecular weight is 613 g/mol. The molecule has 2 rings (SSSR count). The number of hydrogen-bond donors (Lipinski definition) is 6. The zero-order valence-corrected chi connectivity index (χ0v) is 25.7. The minimum Gasteiger partial charge on any atom is -0.481 e. The van der Waals surface area contributed by atoms with Crippen LogP contribution < -0.4 is 10.2 Å². The first-order chi connectivity index (χ1) is 18.1. The molecular weight excluding hydrogens is 568 g/mol. The van der Waals surface area contributed by atoms with Gasteiger partial charge in [-0.1, -0.05) is 59.8 Å². The van der Waals surface area contributed by atoms with E-state index in [0.29, 0.717) is 0 Å². The van der Waals surface area contributed by atoms with Crippen LogP contribution in [0.5, 0.6) is 0 Å². The van der Waals surface area contributed by atoms with E-state index in [2.05, 4.69) is 17.1 Å². The molecule has 0 fully saturated rings. The van der Waals surface area contributed by atoms with Crippen LogP contribution in [0, 0.1) is 19.3 Å². The van der Waals surface area contributed by atoms with Gasteiger partial charge in [-0.2, -0.15) is 16.8 Å². The lowest BCUT2D eigenvalue weighted by Crippen LogP contribution is -2.30. The summed E-state index contributed by atoms with van der Waals surface area (Å²) < 4.78 is 63.2. The van der Waals surface area contributed by atoms with Crippen molar-refractivity contribution in [2.45, 2.75) is 92.9 Å². The summed E-state index contributed by atoms with van der Waals surface area (Å²) in [6, 6.07) is 0. The fourth-order valence-electron chi connectivity index (χ4n) is 4.31. The summed E-state index contributed by atoms with van der Waals surface area (Å²) in [7, 11) is -9.33. The molecule has 1 aromatic rings. The second-order valence-electron chi connectivity index (χ2n) is 10.6. The molecule has 0 unspecified atom stereocenters. The van der Waals surface area contributed by atoms with Gasteiger partial charge in [0.15, 0.2) is 0 Å². The summed E-state index contributed by atoms with van der Waals surface area (Å²) in [5, 5.41) is 12.6. The van der Waals surface area contributed by atoms with Gasteiger partial charge in [0.05, 0.1) is 17.8 Å². The van der Waals surface area contributed by atoms with E-state index in [4.69, 9.17) is 35.0 Å². The molecule has 0 saturated carbocycles. The Kier molecular flexibility index (Phi) is 15.3. The molecule has 0 saturated heterocycles. The maximum Gasteiger partial charge on any atom is 0.394 e. The van der Waals surface area contributed by atoms with E-state index in [1.807, 2.05) is 34.6 Å². The predicted molar refractivity (Wildman–Crippen MR) is 153 cm³/mol. The van der Waals surface area contributed by atoms with Gasteiger partial charge >= 0.3 is 26.8 Å². The highest BCUT2D eigenvalue weighted by Crippen LogP contribution is 2.43. The van der Waals surface area contributed by atoms with Crippen molar-refractivity contribution in [3.8, 4) is 0 Å². The van der Waals surface area contributed by atoms with Crippen molar-refractivity contribution < 1.29 is 49.7 Å². The molecule has 232 valence electrons. The molecule has 0 spiro atoms. The number of carboxylic acid groups (broad SMARTS) is 1. The van der Waals surface area contributed by atoms with Gasteiger partial charge in [0.25, 0.3) is 0 Å². The van der Waals surface area contributed by atoms with Crippen molar-refractivity contribution in [1.82, 2.24) is 0 Å². The van der Waals surface area contributed by atoms with Crippen LogP contribution in [-0.2, 0) is 43.2 Å². The van der Waals surface area contributed by atoms with E-state index < -0.39 is 32.2 Å². The van der Waals surface area contributed by atoms with Crippen LogP contribution in [-0.4, -0.2) is 65.1 Å². The minimum absolute atomic E-state index is 0.0131. The molecule has 1 aliphatic heterocycles. The summed E-state index contributed by atoms with van der Waals surface area (Å²) >= 11 is 0. The van der Waals surface area contributed by atoms with Gasteiger partial charge in [-0.15, -0.1) is 0 Å². The SMILES string of the molecule is CCCCCCCCN1CCc2c(C)c(CC(=O)O)c(C)c(NC(=O)C(C)(C)C)c21.O=S(=O)(O)O.O=S(=O)(O)O. The smallest absolute Gasteiger partial charge is 0.394 e. The zero-order valence-electron chi connectivity index (χ0n) is 24.0. The molecule has 40 heavy (non-hydrogen) atoms. The van der Waals surface area contributed by atoms with Gasteiger partial charge in [-0.25, -0.2) is 0 Å². The van der Waals surface area contributed by atoms with Crippen LogP contribution in [0.25, 0.3) is 0 Å². The van der Waals surface area contributed by atoms with Crippen LogP contribution in [0.4, 0.5) is 11.4 Å². The summed E-state index contributed by atoms with van der Waals surface area (Å²) in [4.78, 5) is 26.7. The highest BCUT2D eigenvalue weighted by molar-refractivity contribution is 7.80. The Labute approximate surface area is 237 Å². The third-order valence-electron chi connectivity index (χ3n) is 6.23. The first-order valence-electron chi connectivity index (χ1n) is 12.9. The fraction of sp³-hybridized carbons (Fsp3) is 0.680. The van der Waals surface area contributed by atoms with E-state index in [1.54, 1.807) is 0 Å². The van der Waals surface area contributed by atoms with Gasteiger partial charge < -0.3 is 15.3 Å². The quantitative estimate of drug-likeness (QED) is 0.161. The van der Waals surface area contributed by atoms with Crippen LogP contribution in [0.2, 0.25) is 0 Å². The molecule has 1 amide bonds. The molecular formula is C25H44N2O11S2. The number of hydrogen-bond acceptors (Lipinski definition) is 7. The molecule has 15 heteroatoms. The highest BCUT2D eigenvalue weighted by Gasteiger charge is 2.31. The Morgan fingerprint density at radius 2 is 1.35 bits per heavy atom. The zero-order chi connectivity index (χ0) is 31.5. The second-order valence-corrected chi connectivity index (χ2v) is 12.4. The van der Waals surface area contributed by atoms with Gasteiger partial charge in [0, 0.05) is 18.5 Å². The minimum atomic E-state index is -4.67. The molecule has 1 aliphatic rings. The number of carbonyl (C=O) groups excluding carboxylic acids is 1. The molecule has 13 nitrogen and oxygen atoms in total. The van der Waals surface area contributed by atoms with Gasteiger partial charge in [0.1, 0.15) is 0 Å². The third-order valence-corrected chi connectivity index (χ3v) is 6.23. The molecule has 0 radical (unpaired) electrons. The largest absolute Gasteiger partial charge is 0.481 e.